The molecule has 0 radical (unpaired) electrons. The van der Waals surface area contributed by atoms with Crippen LogP contribution in [0.5, 0.6) is 0 Å². The lowest BCUT2D eigenvalue weighted by Crippen LogP contribution is -2.54. The summed E-state index contributed by atoms with van der Waals surface area (Å²) in [5, 5.41) is 12.6. The van der Waals surface area contributed by atoms with E-state index >= 15 is 0 Å². The Labute approximate surface area is 42.0 Å². The van der Waals surface area contributed by atoms with Crippen LogP contribution in [0, 0.1) is 0 Å². The van der Waals surface area contributed by atoms with Crippen molar-refractivity contribution in [2.24, 2.45) is 5.10 Å². The van der Waals surface area contributed by atoms with Gasteiger partial charge >= 0.3 is 0 Å². The van der Waals surface area contributed by atoms with Crippen LogP contribution in [0.4, 0.5) is 0 Å². The minimum Gasteiger partial charge on any atom is -0.365 e. The normalized spacial score (nSPS) is 38.4. The number of aliphatic hydroxyl groups is 1. The quantitative estimate of drug-likeness (QED) is 0.438. The second kappa shape index (κ2) is 0.980. The van der Waals surface area contributed by atoms with Gasteiger partial charge in [-0.2, -0.15) is 5.10 Å². The Morgan fingerprint density at radius 2 is 2.29 bits per heavy atom. The molecule has 1 heterocycles. The van der Waals surface area contributed by atoms with Crippen LogP contribution in [-0.2, 0) is 0 Å². The highest BCUT2D eigenvalue weighted by atomic mass is 16.3. The zero-order valence-corrected chi connectivity index (χ0v) is 4.39. The predicted octanol–water partition coefficient (Wildman–Crippen LogP) is -0.326. The first-order valence-corrected chi connectivity index (χ1v) is 2.17. The molecule has 0 fully saturated rings. The van der Waals surface area contributed by atoms with E-state index in [4.69, 9.17) is 5.11 Å². The molecule has 1 rings (SSSR count). The third-order valence-corrected chi connectivity index (χ3v) is 1.15. The Morgan fingerprint density at radius 1 is 1.86 bits per heavy atom. The molecule has 0 spiro atoms. The first kappa shape index (κ1) is 4.59. The Balaban J connectivity index is 2.68. The molecule has 40 valence electrons. The summed E-state index contributed by atoms with van der Waals surface area (Å²) < 4.78 is 0. The minimum absolute atomic E-state index is 0.743. The van der Waals surface area contributed by atoms with E-state index in [1.165, 1.54) is 0 Å². The maximum absolute atomic E-state index is 8.94. The zero-order chi connectivity index (χ0) is 5.49. The van der Waals surface area contributed by atoms with E-state index in [2.05, 4.69) is 10.5 Å². The standard InChI is InChI=1S/C4H8N2O/c1-3-4(2,7)6-5-3/h6-7H,1-2H3. The fourth-order valence-electron chi connectivity index (χ4n) is 0.330. The lowest BCUT2D eigenvalue weighted by molar-refractivity contribution is 0.0716. The van der Waals surface area contributed by atoms with E-state index in [0.717, 1.165) is 5.71 Å². The van der Waals surface area contributed by atoms with Crippen molar-refractivity contribution in [2.75, 3.05) is 0 Å². The number of hydrogen-bond donors (Lipinski definition) is 2. The molecule has 0 aromatic heterocycles. The fourth-order valence-corrected chi connectivity index (χ4v) is 0.330. The van der Waals surface area contributed by atoms with Gasteiger partial charge in [0.2, 0.25) is 0 Å². The van der Waals surface area contributed by atoms with Crippen LogP contribution >= 0.6 is 0 Å². The molecule has 0 aliphatic carbocycles. The number of hydrogen-bond acceptors (Lipinski definition) is 3. The monoisotopic (exact) mass is 100 g/mol. The number of hydrazone groups is 1. The molecular formula is C4H8N2O. The molecule has 1 unspecified atom stereocenters. The second-order valence-corrected chi connectivity index (χ2v) is 1.88. The van der Waals surface area contributed by atoms with Gasteiger partial charge in [-0.3, -0.25) is 5.43 Å². The van der Waals surface area contributed by atoms with Crippen molar-refractivity contribution < 1.29 is 5.11 Å². The van der Waals surface area contributed by atoms with Crippen LogP contribution < -0.4 is 5.43 Å². The first-order valence-electron chi connectivity index (χ1n) is 2.17. The SMILES string of the molecule is CC1=NNC1(C)O. The molecule has 3 nitrogen and oxygen atoms in total. The zero-order valence-electron chi connectivity index (χ0n) is 4.39. The number of nitrogens with one attached hydrogen (secondary N) is 1. The summed E-state index contributed by atoms with van der Waals surface area (Å²) in [5.41, 5.74) is 2.40. The van der Waals surface area contributed by atoms with E-state index in [1.54, 1.807) is 13.8 Å². The topological polar surface area (TPSA) is 44.6 Å². The molecule has 0 saturated heterocycles. The van der Waals surface area contributed by atoms with Crippen molar-refractivity contribution in [1.29, 1.82) is 0 Å². The van der Waals surface area contributed by atoms with Crippen LogP contribution in [0.3, 0.4) is 0 Å². The molecule has 0 bridgehead atoms. The largest absolute Gasteiger partial charge is 0.365 e. The molecule has 2 N–H and O–H groups in total. The smallest absolute Gasteiger partial charge is 0.188 e. The summed E-state index contributed by atoms with van der Waals surface area (Å²) in [7, 11) is 0. The van der Waals surface area contributed by atoms with Crippen molar-refractivity contribution in [3.8, 4) is 0 Å². The Morgan fingerprint density at radius 3 is 2.29 bits per heavy atom. The summed E-state index contributed by atoms with van der Waals surface area (Å²) >= 11 is 0. The molecule has 0 saturated carbocycles. The van der Waals surface area contributed by atoms with Gasteiger partial charge in [-0.25, -0.2) is 0 Å². The van der Waals surface area contributed by atoms with Gasteiger partial charge in [0.05, 0.1) is 5.71 Å². The van der Waals surface area contributed by atoms with Gasteiger partial charge in [-0.05, 0) is 13.8 Å². The Bertz CT molecular complexity index is 117. The maximum Gasteiger partial charge on any atom is 0.188 e. The van der Waals surface area contributed by atoms with Crippen molar-refractivity contribution >= 4 is 5.71 Å². The van der Waals surface area contributed by atoms with Crippen molar-refractivity contribution in [2.45, 2.75) is 19.6 Å². The molecular weight excluding hydrogens is 92.1 g/mol. The number of nitrogens with zero attached hydrogens (tertiary/aromatic N) is 1. The van der Waals surface area contributed by atoms with Gasteiger partial charge in [0.1, 0.15) is 0 Å². The van der Waals surface area contributed by atoms with E-state index in [9.17, 15) is 0 Å². The van der Waals surface area contributed by atoms with E-state index < -0.39 is 5.72 Å². The lowest BCUT2D eigenvalue weighted by Gasteiger charge is -2.30. The van der Waals surface area contributed by atoms with E-state index in [0.29, 0.717) is 0 Å². The Hall–Kier alpha value is -0.570. The van der Waals surface area contributed by atoms with Crippen molar-refractivity contribution in [3.05, 3.63) is 0 Å². The highest BCUT2D eigenvalue weighted by Crippen LogP contribution is 2.08. The lowest BCUT2D eigenvalue weighted by atomic mass is 10.1. The van der Waals surface area contributed by atoms with E-state index in [1.807, 2.05) is 0 Å². The average Bonchev–Trinajstić information content (AvgIpc) is 1.63. The molecule has 0 amide bonds. The molecule has 1 aliphatic heterocycles. The highest BCUT2D eigenvalue weighted by molar-refractivity contribution is 5.92. The van der Waals surface area contributed by atoms with Gasteiger partial charge in [0.25, 0.3) is 0 Å². The second-order valence-electron chi connectivity index (χ2n) is 1.88. The molecule has 0 aromatic rings. The summed E-state index contributed by atoms with van der Waals surface area (Å²) in [6.45, 7) is 3.44. The van der Waals surface area contributed by atoms with Crippen LogP contribution in [0.1, 0.15) is 13.8 Å². The number of rotatable bonds is 0. The van der Waals surface area contributed by atoms with Gasteiger partial charge in [0, 0.05) is 0 Å². The first-order chi connectivity index (χ1) is 3.13. The predicted molar refractivity (Wildman–Crippen MR) is 26.9 cm³/mol. The Kier molecular flexibility index (Phi) is 0.642. The van der Waals surface area contributed by atoms with Crippen LogP contribution in [0.15, 0.2) is 5.10 Å². The summed E-state index contributed by atoms with van der Waals surface area (Å²) in [6.07, 6.45) is 0. The van der Waals surface area contributed by atoms with Gasteiger partial charge in [-0.15, -0.1) is 0 Å². The highest BCUT2D eigenvalue weighted by Gasteiger charge is 2.30. The maximum atomic E-state index is 8.94. The van der Waals surface area contributed by atoms with Gasteiger partial charge in [0.15, 0.2) is 5.72 Å². The molecule has 1 atom stereocenters. The van der Waals surface area contributed by atoms with Gasteiger partial charge < -0.3 is 5.11 Å². The summed E-state index contributed by atoms with van der Waals surface area (Å²) in [6, 6.07) is 0. The van der Waals surface area contributed by atoms with Crippen LogP contribution in [-0.4, -0.2) is 16.5 Å². The summed E-state index contributed by atoms with van der Waals surface area (Å²) in [5.74, 6) is 0. The van der Waals surface area contributed by atoms with Crippen molar-refractivity contribution in [1.82, 2.24) is 5.43 Å². The molecule has 1 aliphatic rings. The molecule has 0 aromatic carbocycles. The van der Waals surface area contributed by atoms with Gasteiger partial charge in [-0.1, -0.05) is 0 Å². The van der Waals surface area contributed by atoms with Crippen LogP contribution in [0.2, 0.25) is 0 Å². The molecule has 7 heavy (non-hydrogen) atoms. The van der Waals surface area contributed by atoms with Crippen molar-refractivity contribution in [3.63, 3.8) is 0 Å². The molecule has 3 heteroatoms. The van der Waals surface area contributed by atoms with Crippen LogP contribution in [0.25, 0.3) is 0 Å². The third kappa shape index (κ3) is 0.489. The summed E-state index contributed by atoms with van der Waals surface area (Å²) in [4.78, 5) is 0. The fraction of sp³-hybridized carbons (Fsp3) is 0.750. The van der Waals surface area contributed by atoms with E-state index in [-0.39, 0.29) is 0 Å². The third-order valence-electron chi connectivity index (χ3n) is 1.15. The average molecular weight is 100 g/mol. The minimum atomic E-state index is -0.819.